The molecule has 1 atom stereocenters. The van der Waals surface area contributed by atoms with Gasteiger partial charge in [-0.15, -0.1) is 0 Å². The quantitative estimate of drug-likeness (QED) is 0.785. The molecule has 5 nitrogen and oxygen atoms in total. The molecule has 1 amide bonds. The monoisotopic (exact) mass is 343 g/mol. The molecule has 24 heavy (non-hydrogen) atoms. The van der Waals surface area contributed by atoms with E-state index in [1.165, 1.54) is 0 Å². The summed E-state index contributed by atoms with van der Waals surface area (Å²) in [6.07, 6.45) is 0.177. The van der Waals surface area contributed by atoms with Crippen LogP contribution in [-0.2, 0) is 9.53 Å². The van der Waals surface area contributed by atoms with E-state index in [1.807, 2.05) is 12.2 Å². The average molecular weight is 343 g/mol. The lowest BCUT2D eigenvalue weighted by Crippen LogP contribution is -2.58. The summed E-state index contributed by atoms with van der Waals surface area (Å²) < 4.78 is 43.5. The minimum absolute atomic E-state index is 0.0249. The average Bonchev–Trinajstić information content (AvgIpc) is 2.70. The van der Waals surface area contributed by atoms with Crippen molar-refractivity contribution >= 4 is 5.91 Å². The molecule has 3 rings (SSSR count). The summed E-state index contributed by atoms with van der Waals surface area (Å²) in [7, 11) is 1.57. The number of halogens is 3. The number of allylic oxidation sites excluding steroid dienone is 1. The first-order chi connectivity index (χ1) is 11.3. The maximum atomic E-state index is 12.7. The summed E-state index contributed by atoms with van der Waals surface area (Å²) in [4.78, 5) is 14.6. The largest absolute Gasteiger partial charge is 0.501 e. The Morgan fingerprint density at radius 1 is 1.29 bits per heavy atom. The summed E-state index contributed by atoms with van der Waals surface area (Å²) >= 11 is 0. The first-order valence-corrected chi connectivity index (χ1v) is 7.83. The van der Waals surface area contributed by atoms with E-state index in [1.54, 1.807) is 7.11 Å². The van der Waals surface area contributed by atoms with Gasteiger partial charge in [-0.3, -0.25) is 9.69 Å². The van der Waals surface area contributed by atoms with Gasteiger partial charge in [0.2, 0.25) is 0 Å². The maximum Gasteiger partial charge on any atom is 0.471 e. The van der Waals surface area contributed by atoms with Gasteiger partial charge in [0.05, 0.1) is 13.2 Å². The van der Waals surface area contributed by atoms with Crippen LogP contribution in [0.5, 0.6) is 0 Å². The van der Waals surface area contributed by atoms with Gasteiger partial charge in [0.25, 0.3) is 0 Å². The van der Waals surface area contributed by atoms with Crippen LogP contribution in [-0.4, -0.2) is 61.2 Å². The van der Waals surface area contributed by atoms with E-state index < -0.39 is 12.1 Å². The zero-order valence-electron chi connectivity index (χ0n) is 13.4. The third-order valence-corrected chi connectivity index (χ3v) is 4.74. The molecule has 0 aromatic carbocycles. The molecule has 1 unspecified atom stereocenters. The van der Waals surface area contributed by atoms with Crippen LogP contribution in [0.3, 0.4) is 0 Å². The molecule has 2 heterocycles. The normalized spacial score (nSPS) is 25.3. The third-order valence-electron chi connectivity index (χ3n) is 4.74. The van der Waals surface area contributed by atoms with Crippen molar-refractivity contribution in [3.8, 4) is 0 Å². The standard InChI is InChI=1S/C16H20F3N3O2/c1-24-12-6-10-2-3-21-4-5-22(15(23)16(17,18)19)9-14(21)13(10)8-11(20)7-12/h6,8,14H,2-5,7,9,20H2,1H3. The summed E-state index contributed by atoms with van der Waals surface area (Å²) in [5.41, 5.74) is 8.54. The van der Waals surface area contributed by atoms with Crippen molar-refractivity contribution < 1.29 is 22.7 Å². The lowest BCUT2D eigenvalue weighted by molar-refractivity contribution is -0.187. The molecular weight excluding hydrogens is 323 g/mol. The van der Waals surface area contributed by atoms with E-state index in [9.17, 15) is 18.0 Å². The fourth-order valence-corrected chi connectivity index (χ4v) is 3.54. The van der Waals surface area contributed by atoms with Gasteiger partial charge >= 0.3 is 12.1 Å². The Bertz CT molecular complexity index is 637. The number of nitrogens with zero attached hydrogens (tertiary/aromatic N) is 2. The minimum atomic E-state index is -4.84. The Labute approximate surface area is 138 Å². The number of piperazine rings is 1. The molecule has 1 aliphatic carbocycles. The number of ether oxygens (including phenoxy) is 1. The van der Waals surface area contributed by atoms with E-state index in [0.717, 1.165) is 34.8 Å². The second-order valence-electron chi connectivity index (χ2n) is 6.24. The van der Waals surface area contributed by atoms with Crippen LogP contribution in [0.15, 0.2) is 34.8 Å². The van der Waals surface area contributed by atoms with Gasteiger partial charge in [0, 0.05) is 38.3 Å². The molecule has 0 saturated carbocycles. The number of rotatable bonds is 1. The number of alkyl halides is 3. The zero-order valence-corrected chi connectivity index (χ0v) is 13.4. The van der Waals surface area contributed by atoms with Gasteiger partial charge in [-0.05, 0) is 29.7 Å². The smallest absolute Gasteiger partial charge is 0.471 e. The van der Waals surface area contributed by atoms with Gasteiger partial charge in [0.1, 0.15) is 5.76 Å². The second-order valence-corrected chi connectivity index (χ2v) is 6.24. The summed E-state index contributed by atoms with van der Waals surface area (Å²) in [5.74, 6) is -1.03. The van der Waals surface area contributed by atoms with Crippen molar-refractivity contribution in [1.82, 2.24) is 9.80 Å². The molecule has 2 N–H and O–H groups in total. The van der Waals surface area contributed by atoms with Crippen molar-refractivity contribution in [2.75, 3.05) is 33.3 Å². The van der Waals surface area contributed by atoms with Gasteiger partial charge < -0.3 is 15.4 Å². The molecule has 3 aliphatic rings. The van der Waals surface area contributed by atoms with Crippen LogP contribution < -0.4 is 5.73 Å². The Morgan fingerprint density at radius 2 is 2.04 bits per heavy atom. The molecule has 0 radical (unpaired) electrons. The first kappa shape index (κ1) is 16.9. The predicted molar refractivity (Wildman–Crippen MR) is 81.6 cm³/mol. The highest BCUT2D eigenvalue weighted by molar-refractivity contribution is 5.82. The number of fused-ring (bicyclic) bond motifs is 2. The zero-order chi connectivity index (χ0) is 17.5. The highest BCUT2D eigenvalue weighted by atomic mass is 19.4. The lowest BCUT2D eigenvalue weighted by atomic mass is 9.90. The van der Waals surface area contributed by atoms with Crippen LogP contribution in [0.4, 0.5) is 13.2 Å². The molecule has 1 fully saturated rings. The minimum Gasteiger partial charge on any atom is -0.501 e. The summed E-state index contributed by atoms with van der Waals surface area (Å²) in [6.45, 7) is 1.30. The molecular formula is C16H20F3N3O2. The van der Waals surface area contributed by atoms with Gasteiger partial charge in [0.15, 0.2) is 0 Å². The van der Waals surface area contributed by atoms with Gasteiger partial charge in [-0.25, -0.2) is 0 Å². The number of methoxy groups -OCH3 is 1. The van der Waals surface area contributed by atoms with Crippen LogP contribution in [0.1, 0.15) is 12.8 Å². The highest BCUT2D eigenvalue weighted by Gasteiger charge is 2.45. The lowest BCUT2D eigenvalue weighted by Gasteiger charge is -2.45. The van der Waals surface area contributed by atoms with Crippen molar-refractivity contribution in [3.05, 3.63) is 34.8 Å². The molecule has 0 aromatic rings. The third kappa shape index (κ3) is 3.15. The Hall–Kier alpha value is -1.96. The van der Waals surface area contributed by atoms with E-state index in [4.69, 9.17) is 10.5 Å². The number of amides is 1. The molecule has 1 saturated heterocycles. The van der Waals surface area contributed by atoms with Crippen LogP contribution in [0, 0.1) is 0 Å². The number of carbonyl (C=O) groups is 1. The van der Waals surface area contributed by atoms with E-state index in [0.29, 0.717) is 18.7 Å². The number of carbonyl (C=O) groups excluding carboxylic acids is 1. The number of hydrogen-bond acceptors (Lipinski definition) is 4. The highest BCUT2D eigenvalue weighted by Crippen LogP contribution is 2.33. The van der Waals surface area contributed by atoms with Crippen molar-refractivity contribution in [1.29, 1.82) is 0 Å². The summed E-state index contributed by atoms with van der Waals surface area (Å²) in [5, 5.41) is 0. The Balaban J connectivity index is 1.91. The molecule has 0 aromatic heterocycles. The fraction of sp³-hybridized carbons (Fsp3) is 0.562. The molecule has 0 spiro atoms. The molecule has 2 aliphatic heterocycles. The number of hydrogen-bond donors (Lipinski definition) is 1. The Morgan fingerprint density at radius 3 is 2.71 bits per heavy atom. The summed E-state index contributed by atoms with van der Waals surface area (Å²) in [6, 6.07) is -0.264. The van der Waals surface area contributed by atoms with Crippen LogP contribution in [0.2, 0.25) is 0 Å². The van der Waals surface area contributed by atoms with Gasteiger partial charge in [-0.2, -0.15) is 13.2 Å². The van der Waals surface area contributed by atoms with Crippen molar-refractivity contribution in [2.24, 2.45) is 5.73 Å². The fourth-order valence-electron chi connectivity index (χ4n) is 3.54. The second kappa shape index (κ2) is 6.16. The molecule has 0 bridgehead atoms. The molecule has 8 heteroatoms. The van der Waals surface area contributed by atoms with Crippen molar-refractivity contribution in [3.63, 3.8) is 0 Å². The van der Waals surface area contributed by atoms with Crippen LogP contribution >= 0.6 is 0 Å². The van der Waals surface area contributed by atoms with E-state index in [-0.39, 0.29) is 19.1 Å². The van der Waals surface area contributed by atoms with Gasteiger partial charge in [-0.1, -0.05) is 0 Å². The predicted octanol–water partition coefficient (Wildman–Crippen LogP) is 1.54. The number of nitrogens with two attached hydrogens (primary N) is 1. The molecule has 132 valence electrons. The SMILES string of the molecule is COC1=CC2=C(C=C(N)C1)C1CN(C(=O)C(F)(F)F)CCN1CC2. The van der Waals surface area contributed by atoms with E-state index in [2.05, 4.69) is 4.90 Å². The maximum absolute atomic E-state index is 12.7. The van der Waals surface area contributed by atoms with Crippen LogP contribution in [0.25, 0.3) is 0 Å². The van der Waals surface area contributed by atoms with E-state index >= 15 is 0 Å². The topological polar surface area (TPSA) is 58.8 Å². The Kier molecular flexibility index (Phi) is 4.33. The van der Waals surface area contributed by atoms with Crippen molar-refractivity contribution in [2.45, 2.75) is 25.1 Å². The first-order valence-electron chi connectivity index (χ1n) is 7.83.